The number of rotatable bonds is 2. The van der Waals surface area contributed by atoms with Gasteiger partial charge in [-0.3, -0.25) is 0 Å². The monoisotopic (exact) mass is 349 g/mol. The average molecular weight is 351 g/mol. The molecule has 15 heavy (non-hydrogen) atoms. The number of halogens is 2. The summed E-state index contributed by atoms with van der Waals surface area (Å²) in [5, 5.41) is 1.40. The predicted octanol–water partition coefficient (Wildman–Crippen LogP) is 4.83. The lowest BCUT2D eigenvalue weighted by Gasteiger charge is -2.27. The molecule has 0 aromatic carbocycles. The summed E-state index contributed by atoms with van der Waals surface area (Å²) in [6.45, 7) is 2.44. The van der Waals surface area contributed by atoms with Gasteiger partial charge >= 0.3 is 0 Å². The third-order valence-electron chi connectivity index (χ3n) is 2.53. The highest BCUT2D eigenvalue weighted by atomic mass is 79.9. The van der Waals surface area contributed by atoms with Crippen LogP contribution in [0.15, 0.2) is 15.5 Å². The molecule has 0 spiro atoms. The maximum absolute atomic E-state index is 3.39. The molecule has 1 fully saturated rings. The van der Waals surface area contributed by atoms with E-state index in [-0.39, 0.29) is 0 Å². The van der Waals surface area contributed by atoms with Gasteiger partial charge in [-0.2, -0.15) is 0 Å². The first kappa shape index (κ1) is 11.7. The number of hydrogen-bond donors (Lipinski definition) is 0. The van der Waals surface area contributed by atoms with Crippen LogP contribution < -0.4 is 4.90 Å². The lowest BCUT2D eigenvalue weighted by molar-refractivity contribution is 0.580. The maximum Gasteiger partial charge on any atom is 0.0914 e. The summed E-state index contributed by atoms with van der Waals surface area (Å²) < 4.78 is 1.00. The number of hydrogen-bond acceptors (Lipinski definition) is 2. The summed E-state index contributed by atoms with van der Waals surface area (Å²) in [6.07, 6.45) is 6.16. The number of piperidine rings is 1. The number of nitrogens with zero attached hydrogens (tertiary/aromatic N) is 1. The minimum atomic E-state index is 1.00. The normalized spacial score (nSPS) is 16.5. The van der Waals surface area contributed by atoms with Gasteiger partial charge < -0.3 is 4.90 Å². The van der Waals surface area contributed by atoms with Crippen molar-refractivity contribution >= 4 is 54.3 Å². The first-order valence-electron chi connectivity index (χ1n) is 5.13. The highest BCUT2D eigenvalue weighted by molar-refractivity contribution is 9.28. The molecule has 1 aliphatic rings. The number of thiophene rings is 1. The molecule has 0 saturated carbocycles. The first-order valence-corrected chi connectivity index (χ1v) is 7.53. The number of anilines is 1. The predicted molar refractivity (Wildman–Crippen MR) is 76.2 cm³/mol. The van der Waals surface area contributed by atoms with Crippen molar-refractivity contribution in [2.24, 2.45) is 0 Å². The summed E-state index contributed by atoms with van der Waals surface area (Å²) >= 11 is 8.63. The van der Waals surface area contributed by atoms with Crippen LogP contribution in [0.5, 0.6) is 0 Å². The molecule has 1 aromatic heterocycles. The van der Waals surface area contributed by atoms with Crippen LogP contribution in [0.25, 0.3) is 6.08 Å². The zero-order valence-corrected chi connectivity index (χ0v) is 12.4. The van der Waals surface area contributed by atoms with Gasteiger partial charge in [0.05, 0.1) is 8.39 Å². The largest absolute Gasteiger partial charge is 0.363 e. The Morgan fingerprint density at radius 3 is 2.60 bits per heavy atom. The van der Waals surface area contributed by atoms with Crippen LogP contribution in [0.2, 0.25) is 0 Å². The van der Waals surface area contributed by atoms with Gasteiger partial charge in [-0.05, 0) is 69.3 Å². The molecular formula is C11H13Br2NS. The summed E-state index contributed by atoms with van der Waals surface area (Å²) in [7, 11) is 0. The van der Waals surface area contributed by atoms with Crippen LogP contribution >= 0.6 is 43.2 Å². The van der Waals surface area contributed by atoms with Gasteiger partial charge in [-0.1, -0.05) is 0 Å². The van der Waals surface area contributed by atoms with Crippen molar-refractivity contribution in [3.05, 3.63) is 20.4 Å². The van der Waals surface area contributed by atoms with E-state index in [1.54, 1.807) is 0 Å². The Labute approximate surface area is 111 Å². The van der Waals surface area contributed by atoms with Gasteiger partial charge in [-0.25, -0.2) is 0 Å². The molecular weight excluding hydrogens is 338 g/mol. The summed E-state index contributed by atoms with van der Waals surface area (Å²) in [6, 6.07) is 4.40. The van der Waals surface area contributed by atoms with E-state index in [0.29, 0.717) is 0 Å². The Morgan fingerprint density at radius 1 is 1.20 bits per heavy atom. The van der Waals surface area contributed by atoms with E-state index >= 15 is 0 Å². The smallest absolute Gasteiger partial charge is 0.0914 e. The van der Waals surface area contributed by atoms with Crippen molar-refractivity contribution in [3.63, 3.8) is 0 Å². The van der Waals surface area contributed by atoms with E-state index in [1.807, 2.05) is 11.3 Å². The molecule has 1 nitrogen and oxygen atoms in total. The van der Waals surface area contributed by atoms with E-state index in [2.05, 4.69) is 55.0 Å². The fourth-order valence-corrected chi connectivity index (χ4v) is 3.61. The second-order valence-electron chi connectivity index (χ2n) is 3.66. The van der Waals surface area contributed by atoms with Crippen LogP contribution in [0.1, 0.15) is 24.1 Å². The first-order chi connectivity index (χ1) is 7.25. The third-order valence-corrected chi connectivity index (χ3v) is 4.08. The zero-order valence-electron chi connectivity index (χ0n) is 8.38. The zero-order chi connectivity index (χ0) is 10.7. The minimum Gasteiger partial charge on any atom is -0.363 e. The van der Waals surface area contributed by atoms with E-state index in [9.17, 15) is 0 Å². The summed E-state index contributed by atoms with van der Waals surface area (Å²) in [5.74, 6) is 0. The summed E-state index contributed by atoms with van der Waals surface area (Å²) in [4.78, 5) is 3.78. The molecule has 1 saturated heterocycles. The summed E-state index contributed by atoms with van der Waals surface area (Å²) in [5.41, 5.74) is 0. The van der Waals surface area contributed by atoms with Crippen molar-refractivity contribution in [1.82, 2.24) is 0 Å². The third kappa shape index (κ3) is 3.33. The standard InChI is InChI=1S/C11H13Br2NS/c12-10(13)8-9-4-5-11(15-9)14-6-2-1-3-7-14/h4-5,8H,1-3,6-7H2. The second-order valence-corrected chi connectivity index (χ2v) is 7.52. The molecule has 1 aromatic rings. The van der Waals surface area contributed by atoms with Crippen molar-refractivity contribution in [3.8, 4) is 0 Å². The van der Waals surface area contributed by atoms with Crippen LogP contribution in [-0.2, 0) is 0 Å². The van der Waals surface area contributed by atoms with Crippen LogP contribution in [0.3, 0.4) is 0 Å². The van der Waals surface area contributed by atoms with Crippen LogP contribution in [0.4, 0.5) is 5.00 Å². The molecule has 0 amide bonds. The fourth-order valence-electron chi connectivity index (χ4n) is 1.81. The lowest BCUT2D eigenvalue weighted by atomic mass is 10.1. The lowest BCUT2D eigenvalue weighted by Crippen LogP contribution is -2.28. The molecule has 82 valence electrons. The van der Waals surface area contributed by atoms with Gasteiger partial charge in [-0.15, -0.1) is 11.3 Å². The average Bonchev–Trinajstić information content (AvgIpc) is 2.67. The molecule has 0 bridgehead atoms. The second kappa shape index (κ2) is 5.51. The van der Waals surface area contributed by atoms with Gasteiger partial charge in [0.25, 0.3) is 0 Å². The Bertz CT molecular complexity index is 349. The van der Waals surface area contributed by atoms with Gasteiger partial charge in [0, 0.05) is 18.0 Å². The maximum atomic E-state index is 3.39. The molecule has 0 radical (unpaired) electrons. The van der Waals surface area contributed by atoms with Crippen molar-refractivity contribution in [1.29, 1.82) is 0 Å². The van der Waals surface area contributed by atoms with E-state index in [0.717, 1.165) is 3.39 Å². The Kier molecular flexibility index (Phi) is 4.29. The molecule has 0 atom stereocenters. The van der Waals surface area contributed by atoms with E-state index in [4.69, 9.17) is 0 Å². The highest BCUT2D eigenvalue weighted by Gasteiger charge is 2.12. The molecule has 0 unspecified atom stereocenters. The molecule has 0 N–H and O–H groups in total. The van der Waals surface area contributed by atoms with Gasteiger partial charge in [0.1, 0.15) is 0 Å². The molecule has 0 aliphatic carbocycles. The minimum absolute atomic E-state index is 1.00. The molecule has 2 rings (SSSR count). The quantitative estimate of drug-likeness (QED) is 0.738. The topological polar surface area (TPSA) is 3.24 Å². The van der Waals surface area contributed by atoms with Gasteiger partial charge in [0.15, 0.2) is 0 Å². The van der Waals surface area contributed by atoms with E-state index < -0.39 is 0 Å². The van der Waals surface area contributed by atoms with Crippen LogP contribution in [0, 0.1) is 0 Å². The molecule has 1 aliphatic heterocycles. The Balaban J connectivity index is 2.08. The SMILES string of the molecule is BrC(Br)=Cc1ccc(N2CCCCC2)s1. The molecule has 4 heteroatoms. The molecule has 2 heterocycles. The van der Waals surface area contributed by atoms with Crippen molar-refractivity contribution < 1.29 is 0 Å². The van der Waals surface area contributed by atoms with Gasteiger partial charge in [0.2, 0.25) is 0 Å². The van der Waals surface area contributed by atoms with E-state index in [1.165, 1.54) is 42.2 Å². The highest BCUT2D eigenvalue weighted by Crippen LogP contribution is 2.31. The fraction of sp³-hybridized carbons (Fsp3) is 0.455. The van der Waals surface area contributed by atoms with Crippen LogP contribution in [-0.4, -0.2) is 13.1 Å². The van der Waals surface area contributed by atoms with Crippen molar-refractivity contribution in [2.45, 2.75) is 19.3 Å². The Morgan fingerprint density at radius 2 is 1.93 bits per heavy atom. The Hall–Kier alpha value is 0.200. The van der Waals surface area contributed by atoms with Crippen molar-refractivity contribution in [2.75, 3.05) is 18.0 Å².